The Morgan fingerprint density at radius 1 is 1.30 bits per heavy atom. The van der Waals surface area contributed by atoms with Crippen LogP contribution in [0.1, 0.15) is 12.8 Å². The molecule has 1 N–H and O–H groups in total. The molecule has 9 heteroatoms. The zero-order valence-electron chi connectivity index (χ0n) is 14.8. The third-order valence-corrected chi connectivity index (χ3v) is 6.81. The van der Waals surface area contributed by atoms with Crippen LogP contribution in [0.3, 0.4) is 0 Å². The van der Waals surface area contributed by atoms with Gasteiger partial charge in [0.25, 0.3) is 0 Å². The van der Waals surface area contributed by atoms with Crippen LogP contribution in [0.2, 0.25) is 0 Å². The van der Waals surface area contributed by atoms with Crippen LogP contribution < -0.4 is 5.32 Å². The van der Waals surface area contributed by atoms with Crippen molar-refractivity contribution in [3.8, 4) is 11.3 Å². The summed E-state index contributed by atoms with van der Waals surface area (Å²) in [6.45, 7) is 0.730. The summed E-state index contributed by atoms with van der Waals surface area (Å²) in [5.74, 6) is -0.466. The van der Waals surface area contributed by atoms with Gasteiger partial charge < -0.3 is 5.32 Å². The molecule has 4 rings (SSSR count). The molecule has 0 bridgehead atoms. The number of benzene rings is 1. The molecule has 0 radical (unpaired) electrons. The van der Waals surface area contributed by atoms with E-state index in [0.717, 1.165) is 16.2 Å². The summed E-state index contributed by atoms with van der Waals surface area (Å²) in [4.78, 5) is 18.0. The van der Waals surface area contributed by atoms with Gasteiger partial charge in [0.2, 0.25) is 15.9 Å². The number of hydrogen-bond donors (Lipinski definition) is 1. The SMILES string of the molecule is CS(=O)(=O)N1CCCC(C(=O)Nc2ccc(-c3cn4ccsc4n3)cc2)C1. The third kappa shape index (κ3) is 3.90. The highest BCUT2D eigenvalue weighted by atomic mass is 32.2. The van der Waals surface area contributed by atoms with Gasteiger partial charge in [0.05, 0.1) is 17.9 Å². The number of carbonyl (C=O) groups excluding carboxylic acids is 1. The highest BCUT2D eigenvalue weighted by Crippen LogP contribution is 2.24. The van der Waals surface area contributed by atoms with E-state index < -0.39 is 10.0 Å². The maximum absolute atomic E-state index is 12.5. The monoisotopic (exact) mass is 404 g/mol. The van der Waals surface area contributed by atoms with Gasteiger partial charge in [-0.3, -0.25) is 9.20 Å². The Morgan fingerprint density at radius 3 is 2.78 bits per heavy atom. The van der Waals surface area contributed by atoms with Crippen LogP contribution in [0.25, 0.3) is 16.2 Å². The van der Waals surface area contributed by atoms with E-state index in [2.05, 4.69) is 10.3 Å². The summed E-state index contributed by atoms with van der Waals surface area (Å²) >= 11 is 1.58. The van der Waals surface area contributed by atoms with Gasteiger partial charge in [-0.1, -0.05) is 12.1 Å². The van der Waals surface area contributed by atoms with Crippen molar-refractivity contribution in [2.45, 2.75) is 12.8 Å². The minimum Gasteiger partial charge on any atom is -0.326 e. The standard InChI is InChI=1S/C18H20N4O3S2/c1-27(24,25)22-8-2-3-14(11-22)17(23)19-15-6-4-13(5-7-15)16-12-21-9-10-26-18(21)20-16/h4-7,9-10,12,14H,2-3,8,11H2,1H3,(H,19,23). The first-order valence-electron chi connectivity index (χ1n) is 8.69. The Hall–Kier alpha value is -2.23. The summed E-state index contributed by atoms with van der Waals surface area (Å²) in [6, 6.07) is 7.53. The van der Waals surface area contributed by atoms with Gasteiger partial charge in [0.1, 0.15) is 0 Å². The van der Waals surface area contributed by atoms with E-state index in [1.807, 2.05) is 46.4 Å². The average molecular weight is 405 g/mol. The Labute approximate surface area is 161 Å². The number of anilines is 1. The predicted molar refractivity (Wildman–Crippen MR) is 106 cm³/mol. The Balaban J connectivity index is 1.43. The minimum atomic E-state index is -3.26. The molecule has 1 atom stereocenters. The second-order valence-corrected chi connectivity index (χ2v) is 9.60. The molecule has 1 aliphatic rings. The van der Waals surface area contributed by atoms with E-state index in [1.165, 1.54) is 10.6 Å². The summed E-state index contributed by atoms with van der Waals surface area (Å²) in [5, 5.41) is 4.89. The van der Waals surface area contributed by atoms with E-state index in [0.29, 0.717) is 25.1 Å². The van der Waals surface area contributed by atoms with Crippen molar-refractivity contribution < 1.29 is 13.2 Å². The maximum atomic E-state index is 12.5. The zero-order chi connectivity index (χ0) is 19.0. The molecule has 1 fully saturated rings. The quantitative estimate of drug-likeness (QED) is 0.725. The molecule has 142 valence electrons. The van der Waals surface area contributed by atoms with Gasteiger partial charge in [-0.05, 0) is 25.0 Å². The van der Waals surface area contributed by atoms with Crippen molar-refractivity contribution in [3.05, 3.63) is 42.0 Å². The van der Waals surface area contributed by atoms with Gasteiger partial charge in [-0.15, -0.1) is 11.3 Å². The number of hydrogen-bond acceptors (Lipinski definition) is 5. The first-order chi connectivity index (χ1) is 12.9. The van der Waals surface area contributed by atoms with Crippen LogP contribution in [0, 0.1) is 5.92 Å². The molecule has 7 nitrogen and oxygen atoms in total. The summed E-state index contributed by atoms with van der Waals surface area (Å²) < 4.78 is 26.8. The van der Waals surface area contributed by atoms with Crippen molar-refractivity contribution in [3.63, 3.8) is 0 Å². The summed E-state index contributed by atoms with van der Waals surface area (Å²) in [6.07, 6.45) is 6.52. The molecular formula is C18H20N4O3S2. The van der Waals surface area contributed by atoms with Crippen LogP contribution in [0.4, 0.5) is 5.69 Å². The molecule has 2 aromatic heterocycles. The van der Waals surface area contributed by atoms with E-state index in [4.69, 9.17) is 0 Å². The van der Waals surface area contributed by atoms with Gasteiger partial charge in [0.15, 0.2) is 4.96 Å². The molecule has 0 spiro atoms. The van der Waals surface area contributed by atoms with Gasteiger partial charge in [-0.2, -0.15) is 0 Å². The maximum Gasteiger partial charge on any atom is 0.228 e. The van der Waals surface area contributed by atoms with E-state index in [1.54, 1.807) is 11.3 Å². The number of nitrogens with one attached hydrogen (secondary N) is 1. The number of aromatic nitrogens is 2. The van der Waals surface area contributed by atoms with Crippen molar-refractivity contribution >= 4 is 37.9 Å². The number of fused-ring (bicyclic) bond motifs is 1. The minimum absolute atomic E-state index is 0.140. The van der Waals surface area contributed by atoms with E-state index in [-0.39, 0.29) is 18.4 Å². The highest BCUT2D eigenvalue weighted by Gasteiger charge is 2.30. The summed E-state index contributed by atoms with van der Waals surface area (Å²) in [7, 11) is -3.26. The van der Waals surface area contributed by atoms with Crippen molar-refractivity contribution in [2.75, 3.05) is 24.7 Å². The smallest absolute Gasteiger partial charge is 0.228 e. The fraction of sp³-hybridized carbons (Fsp3) is 0.333. The predicted octanol–water partition coefficient (Wildman–Crippen LogP) is 2.67. The number of rotatable bonds is 4. The van der Waals surface area contributed by atoms with Crippen LogP contribution in [-0.4, -0.2) is 47.4 Å². The van der Waals surface area contributed by atoms with Crippen molar-refractivity contribution in [1.82, 2.24) is 13.7 Å². The van der Waals surface area contributed by atoms with Crippen LogP contribution in [-0.2, 0) is 14.8 Å². The number of sulfonamides is 1. The second kappa shape index (κ2) is 7.06. The lowest BCUT2D eigenvalue weighted by Crippen LogP contribution is -2.43. The lowest BCUT2D eigenvalue weighted by atomic mass is 9.98. The fourth-order valence-corrected chi connectivity index (χ4v) is 4.90. The Bertz CT molecular complexity index is 1040. The largest absolute Gasteiger partial charge is 0.326 e. The van der Waals surface area contributed by atoms with E-state index >= 15 is 0 Å². The first kappa shape index (κ1) is 18.1. The number of amides is 1. The van der Waals surface area contributed by atoms with Crippen molar-refractivity contribution in [1.29, 1.82) is 0 Å². The molecule has 0 aliphatic carbocycles. The van der Waals surface area contributed by atoms with Gasteiger partial charge in [0, 0.05) is 42.1 Å². The zero-order valence-corrected chi connectivity index (χ0v) is 16.5. The molecular weight excluding hydrogens is 384 g/mol. The Morgan fingerprint density at radius 2 is 2.07 bits per heavy atom. The highest BCUT2D eigenvalue weighted by molar-refractivity contribution is 7.88. The molecule has 1 aromatic carbocycles. The van der Waals surface area contributed by atoms with Crippen LogP contribution >= 0.6 is 11.3 Å². The lowest BCUT2D eigenvalue weighted by molar-refractivity contribution is -0.120. The number of carbonyl (C=O) groups is 1. The average Bonchev–Trinajstić information content (AvgIpc) is 3.24. The van der Waals surface area contributed by atoms with Crippen LogP contribution in [0.5, 0.6) is 0 Å². The molecule has 1 unspecified atom stereocenters. The normalized spacial score (nSPS) is 18.6. The van der Waals surface area contributed by atoms with Crippen molar-refractivity contribution in [2.24, 2.45) is 5.92 Å². The number of nitrogens with zero attached hydrogens (tertiary/aromatic N) is 3. The molecule has 1 aliphatic heterocycles. The van der Waals surface area contributed by atoms with Gasteiger partial charge in [-0.25, -0.2) is 17.7 Å². The van der Waals surface area contributed by atoms with E-state index in [9.17, 15) is 13.2 Å². The third-order valence-electron chi connectivity index (χ3n) is 4.77. The Kier molecular flexibility index (Phi) is 4.75. The molecule has 1 amide bonds. The second-order valence-electron chi connectivity index (χ2n) is 6.75. The molecule has 1 saturated heterocycles. The molecule has 27 heavy (non-hydrogen) atoms. The molecule has 0 saturated carbocycles. The number of imidazole rings is 1. The van der Waals surface area contributed by atoms with Gasteiger partial charge >= 0.3 is 0 Å². The molecule has 3 heterocycles. The lowest BCUT2D eigenvalue weighted by Gasteiger charge is -2.30. The number of thiazole rings is 1. The summed E-state index contributed by atoms with van der Waals surface area (Å²) in [5.41, 5.74) is 2.56. The topological polar surface area (TPSA) is 83.8 Å². The number of piperidine rings is 1. The first-order valence-corrected chi connectivity index (χ1v) is 11.4. The molecule has 3 aromatic rings. The van der Waals surface area contributed by atoms with Crippen LogP contribution in [0.15, 0.2) is 42.0 Å². The fourth-order valence-electron chi connectivity index (χ4n) is 3.29.